The number of fused-ring (bicyclic) bond motifs is 1. The number of carbonyl (C=O) groups is 1. The topological polar surface area (TPSA) is 114 Å². The fourth-order valence-corrected chi connectivity index (χ4v) is 3.18. The van der Waals surface area contributed by atoms with Gasteiger partial charge >= 0.3 is 0 Å². The summed E-state index contributed by atoms with van der Waals surface area (Å²) >= 11 is 0. The molecule has 0 aliphatic rings. The summed E-state index contributed by atoms with van der Waals surface area (Å²) in [5.74, 6) is -0.0568. The van der Waals surface area contributed by atoms with Gasteiger partial charge in [-0.1, -0.05) is 18.2 Å². The molecule has 1 amide bonds. The molecule has 3 heterocycles. The lowest BCUT2D eigenvalue weighted by molar-refractivity contribution is -0.126. The molecule has 140 valence electrons. The summed E-state index contributed by atoms with van der Waals surface area (Å²) in [7, 11) is 1.64. The van der Waals surface area contributed by atoms with Gasteiger partial charge in [-0.3, -0.25) is 9.78 Å². The van der Waals surface area contributed by atoms with Gasteiger partial charge in [0.15, 0.2) is 6.10 Å². The highest BCUT2D eigenvalue weighted by atomic mass is 16.5. The second-order valence-electron chi connectivity index (χ2n) is 6.33. The summed E-state index contributed by atoms with van der Waals surface area (Å²) in [6.07, 6.45) is 5.27. The van der Waals surface area contributed by atoms with Crippen LogP contribution in [-0.4, -0.2) is 33.1 Å². The Balaban J connectivity index is 1.83. The molecule has 7 nitrogen and oxygen atoms in total. The molecule has 4 aromatic rings. The Hall–Kier alpha value is -3.71. The minimum atomic E-state index is -1.40. The first-order chi connectivity index (χ1) is 13.6. The molecule has 1 unspecified atom stereocenters. The van der Waals surface area contributed by atoms with E-state index in [4.69, 9.17) is 10.5 Å². The molecule has 4 N–H and O–H groups in total. The molecule has 1 atom stereocenters. The summed E-state index contributed by atoms with van der Waals surface area (Å²) in [6, 6.07) is 11.4. The fraction of sp³-hybridized carbons (Fsp3) is 0.0952. The zero-order chi connectivity index (χ0) is 19.7. The number of H-pyrrole nitrogens is 1. The Bertz CT molecular complexity index is 1170. The Morgan fingerprint density at radius 3 is 2.71 bits per heavy atom. The van der Waals surface area contributed by atoms with Gasteiger partial charge in [0.05, 0.1) is 7.11 Å². The van der Waals surface area contributed by atoms with Crippen LogP contribution in [0.25, 0.3) is 33.3 Å². The predicted molar refractivity (Wildman–Crippen MR) is 105 cm³/mol. The molecule has 28 heavy (non-hydrogen) atoms. The number of nitrogens with zero attached hydrogens (tertiary/aromatic N) is 2. The van der Waals surface area contributed by atoms with Gasteiger partial charge in [0.1, 0.15) is 11.4 Å². The molecular weight excluding hydrogens is 356 g/mol. The van der Waals surface area contributed by atoms with Crippen LogP contribution in [0.4, 0.5) is 0 Å². The normalized spacial score (nSPS) is 12.1. The summed E-state index contributed by atoms with van der Waals surface area (Å²) in [5.41, 5.74) is 9.70. The van der Waals surface area contributed by atoms with Crippen LogP contribution in [-0.2, 0) is 4.79 Å². The number of nitrogens with two attached hydrogens (primary N) is 1. The van der Waals surface area contributed by atoms with Gasteiger partial charge in [-0.15, -0.1) is 0 Å². The number of aliphatic hydroxyl groups excluding tert-OH is 1. The first-order valence-corrected chi connectivity index (χ1v) is 8.61. The number of methoxy groups -OCH3 is 1. The quantitative estimate of drug-likeness (QED) is 0.497. The molecule has 0 aliphatic heterocycles. The van der Waals surface area contributed by atoms with E-state index in [1.807, 2.05) is 36.5 Å². The minimum Gasteiger partial charge on any atom is -0.496 e. The molecule has 0 spiro atoms. The number of benzene rings is 1. The van der Waals surface area contributed by atoms with Crippen LogP contribution in [0.1, 0.15) is 11.7 Å². The van der Waals surface area contributed by atoms with Crippen LogP contribution in [0.15, 0.2) is 61.2 Å². The van der Waals surface area contributed by atoms with Gasteiger partial charge in [-0.25, -0.2) is 4.98 Å². The van der Waals surface area contributed by atoms with E-state index in [-0.39, 0.29) is 0 Å². The van der Waals surface area contributed by atoms with E-state index in [0.29, 0.717) is 5.56 Å². The first-order valence-electron chi connectivity index (χ1n) is 8.61. The number of para-hydroxylation sites is 1. The SMILES string of the molecule is COc1ccccc1-c1c[nH]c2ncc(-c3cncc(C(O)C(N)=O)c3)cc12. The van der Waals surface area contributed by atoms with Crippen LogP contribution in [0.5, 0.6) is 5.75 Å². The van der Waals surface area contributed by atoms with E-state index in [2.05, 4.69) is 15.0 Å². The Morgan fingerprint density at radius 1 is 1.14 bits per heavy atom. The second-order valence-corrected chi connectivity index (χ2v) is 6.33. The molecule has 4 rings (SSSR count). The number of hydrogen-bond acceptors (Lipinski definition) is 5. The van der Waals surface area contributed by atoms with Crippen LogP contribution in [0.3, 0.4) is 0 Å². The maximum Gasteiger partial charge on any atom is 0.250 e. The average molecular weight is 374 g/mol. The highest BCUT2D eigenvalue weighted by Crippen LogP contribution is 2.36. The van der Waals surface area contributed by atoms with Crippen molar-refractivity contribution in [2.75, 3.05) is 7.11 Å². The zero-order valence-corrected chi connectivity index (χ0v) is 15.1. The average Bonchev–Trinajstić information content (AvgIpc) is 3.16. The lowest BCUT2D eigenvalue weighted by Crippen LogP contribution is -2.20. The van der Waals surface area contributed by atoms with Crippen LogP contribution < -0.4 is 10.5 Å². The number of aromatic amines is 1. The van der Waals surface area contributed by atoms with Crippen LogP contribution in [0, 0.1) is 0 Å². The third kappa shape index (κ3) is 3.08. The van der Waals surface area contributed by atoms with Gasteiger partial charge in [-0.2, -0.15) is 0 Å². The highest BCUT2D eigenvalue weighted by molar-refractivity contribution is 5.97. The van der Waals surface area contributed by atoms with Crippen molar-refractivity contribution in [3.8, 4) is 28.0 Å². The molecule has 1 aromatic carbocycles. The summed E-state index contributed by atoms with van der Waals surface area (Å²) in [6.45, 7) is 0. The molecule has 0 aliphatic carbocycles. The largest absolute Gasteiger partial charge is 0.496 e. The Kier molecular flexibility index (Phi) is 4.50. The van der Waals surface area contributed by atoms with Gasteiger partial charge in [0, 0.05) is 58.0 Å². The summed E-state index contributed by atoms with van der Waals surface area (Å²) in [5, 5.41) is 10.8. The third-order valence-electron chi connectivity index (χ3n) is 4.61. The molecule has 0 saturated carbocycles. The smallest absolute Gasteiger partial charge is 0.250 e. The third-order valence-corrected chi connectivity index (χ3v) is 4.61. The van der Waals surface area contributed by atoms with E-state index in [9.17, 15) is 9.90 Å². The van der Waals surface area contributed by atoms with E-state index >= 15 is 0 Å². The zero-order valence-electron chi connectivity index (χ0n) is 15.1. The van der Waals surface area contributed by atoms with Gasteiger partial charge < -0.3 is 20.6 Å². The van der Waals surface area contributed by atoms with Crippen molar-refractivity contribution < 1.29 is 14.6 Å². The fourth-order valence-electron chi connectivity index (χ4n) is 3.18. The second kappa shape index (κ2) is 7.13. The Morgan fingerprint density at radius 2 is 1.93 bits per heavy atom. The lowest BCUT2D eigenvalue weighted by Gasteiger charge is -2.09. The highest BCUT2D eigenvalue weighted by Gasteiger charge is 2.16. The lowest BCUT2D eigenvalue weighted by atomic mass is 10.0. The number of aliphatic hydroxyl groups is 1. The van der Waals surface area contributed by atoms with E-state index in [1.165, 1.54) is 6.20 Å². The number of rotatable bonds is 5. The Labute approximate surface area is 160 Å². The monoisotopic (exact) mass is 374 g/mol. The van der Waals surface area contributed by atoms with Crippen molar-refractivity contribution in [3.63, 3.8) is 0 Å². The van der Waals surface area contributed by atoms with Crippen molar-refractivity contribution in [1.82, 2.24) is 15.0 Å². The molecule has 0 saturated heterocycles. The van der Waals surface area contributed by atoms with Crippen molar-refractivity contribution >= 4 is 16.9 Å². The number of aromatic nitrogens is 3. The van der Waals surface area contributed by atoms with E-state index in [1.54, 1.807) is 25.6 Å². The number of ether oxygens (including phenoxy) is 1. The molecule has 0 bridgehead atoms. The van der Waals surface area contributed by atoms with Gasteiger partial charge in [0.2, 0.25) is 0 Å². The molecule has 0 fully saturated rings. The summed E-state index contributed by atoms with van der Waals surface area (Å²) in [4.78, 5) is 23.1. The number of carbonyl (C=O) groups excluding carboxylic acids is 1. The molecular formula is C21H18N4O3. The molecule has 7 heteroatoms. The predicted octanol–water partition coefficient (Wildman–Crippen LogP) is 2.82. The maximum atomic E-state index is 11.3. The first kappa shape index (κ1) is 17.7. The van der Waals surface area contributed by atoms with Crippen molar-refractivity contribution in [1.29, 1.82) is 0 Å². The molecule has 3 aromatic heterocycles. The van der Waals surface area contributed by atoms with Crippen LogP contribution in [0.2, 0.25) is 0 Å². The van der Waals surface area contributed by atoms with Crippen molar-refractivity contribution in [3.05, 3.63) is 66.7 Å². The van der Waals surface area contributed by atoms with Gasteiger partial charge in [0.25, 0.3) is 5.91 Å². The van der Waals surface area contributed by atoms with Crippen LogP contribution >= 0.6 is 0 Å². The molecule has 0 radical (unpaired) electrons. The number of primary amides is 1. The van der Waals surface area contributed by atoms with Crippen molar-refractivity contribution in [2.24, 2.45) is 5.73 Å². The minimum absolute atomic E-state index is 0.337. The summed E-state index contributed by atoms with van der Waals surface area (Å²) < 4.78 is 5.48. The van der Waals surface area contributed by atoms with Gasteiger partial charge in [-0.05, 0) is 18.2 Å². The number of hydrogen-bond donors (Lipinski definition) is 3. The standard InChI is InChI=1S/C21H18N4O3/c1-28-18-5-3-2-4-15(18)17-11-25-21-16(17)7-13(10-24-21)12-6-14(9-23-8-12)19(26)20(22)27/h2-11,19,26H,1H3,(H2,22,27)(H,24,25). The van der Waals surface area contributed by atoms with Crippen molar-refractivity contribution in [2.45, 2.75) is 6.10 Å². The van der Waals surface area contributed by atoms with E-state index in [0.717, 1.165) is 39.0 Å². The number of amides is 1. The number of pyridine rings is 2. The number of nitrogens with one attached hydrogen (secondary N) is 1. The maximum absolute atomic E-state index is 11.3. The van der Waals surface area contributed by atoms with E-state index < -0.39 is 12.0 Å².